The van der Waals surface area contributed by atoms with E-state index in [1.807, 2.05) is 51.1 Å². The van der Waals surface area contributed by atoms with Crippen molar-refractivity contribution in [3.8, 4) is 0 Å². The molecule has 0 aliphatic carbocycles. The van der Waals surface area contributed by atoms with Crippen molar-refractivity contribution in [2.75, 3.05) is 25.5 Å². The Kier molecular flexibility index (Phi) is 9.77. The van der Waals surface area contributed by atoms with Crippen LogP contribution in [0.25, 0.3) is 0 Å². The number of hydrogen-bond donors (Lipinski definition) is 4. The number of benzene rings is 2. The molecule has 1 saturated heterocycles. The van der Waals surface area contributed by atoms with Crippen LogP contribution in [-0.4, -0.2) is 66.8 Å². The van der Waals surface area contributed by atoms with Gasteiger partial charge in [0.1, 0.15) is 6.17 Å². The second-order valence-corrected chi connectivity index (χ2v) is 12.5. The average molecular weight is 550 g/mol. The minimum absolute atomic E-state index is 0.0758. The molecule has 1 aliphatic rings. The van der Waals surface area contributed by atoms with Gasteiger partial charge in [0.05, 0.1) is 24.2 Å². The Bertz CT molecular complexity index is 1170. The summed E-state index contributed by atoms with van der Waals surface area (Å²) in [5.74, 6) is -0.761. The van der Waals surface area contributed by atoms with E-state index < -0.39 is 39.6 Å². The first-order chi connectivity index (χ1) is 17.8. The molecule has 5 N–H and O–H groups in total. The van der Waals surface area contributed by atoms with E-state index in [0.717, 1.165) is 9.87 Å². The normalized spacial score (nSPS) is 17.3. The molecule has 10 nitrogen and oxygen atoms in total. The fourth-order valence-corrected chi connectivity index (χ4v) is 6.33. The highest BCUT2D eigenvalue weighted by atomic mass is 32.2. The van der Waals surface area contributed by atoms with Gasteiger partial charge in [0.2, 0.25) is 10.0 Å². The summed E-state index contributed by atoms with van der Waals surface area (Å²) in [7, 11) is -4.28. The Balaban J connectivity index is 1.93. The van der Waals surface area contributed by atoms with Crippen LogP contribution in [0.2, 0.25) is 0 Å². The van der Waals surface area contributed by atoms with E-state index in [9.17, 15) is 23.4 Å². The molecule has 210 valence electrons. The van der Waals surface area contributed by atoms with Crippen LogP contribution in [0.3, 0.4) is 0 Å². The van der Waals surface area contributed by atoms with Crippen molar-refractivity contribution in [3.05, 3.63) is 60.2 Å². The molecule has 2 aromatic carbocycles. The van der Waals surface area contributed by atoms with Gasteiger partial charge in [0.25, 0.3) is 0 Å². The van der Waals surface area contributed by atoms with Gasteiger partial charge in [-0.15, -0.1) is 0 Å². The van der Waals surface area contributed by atoms with Crippen LogP contribution in [0, 0.1) is 5.41 Å². The molecule has 0 saturated carbocycles. The Morgan fingerprint density at radius 3 is 2.42 bits per heavy atom. The second kappa shape index (κ2) is 12.4. The zero-order valence-corrected chi connectivity index (χ0v) is 23.0. The molecule has 1 fully saturated rings. The third-order valence-corrected chi connectivity index (χ3v) is 8.54. The molecule has 1 amide bonds. The Morgan fingerprint density at radius 1 is 1.16 bits per heavy atom. The Morgan fingerprint density at radius 2 is 1.82 bits per heavy atom. The minimum Gasteiger partial charge on any atom is -0.465 e. The number of aliphatic hydroxyl groups excluding tert-OH is 1. The van der Waals surface area contributed by atoms with Crippen molar-refractivity contribution in [1.29, 1.82) is 0 Å². The van der Waals surface area contributed by atoms with Crippen LogP contribution in [-0.2, 0) is 25.9 Å². The predicted octanol–water partition coefficient (Wildman–Crippen LogP) is 3.42. The lowest BCUT2D eigenvalue weighted by atomic mass is 9.85. The van der Waals surface area contributed by atoms with Crippen LogP contribution in [0.15, 0.2) is 59.5 Å². The summed E-state index contributed by atoms with van der Waals surface area (Å²) in [5.41, 5.74) is 6.43. The third-order valence-electron chi connectivity index (χ3n) is 6.72. The molecule has 1 aliphatic heterocycles. The SMILES string of the molecule is CC(C)(CCC1(C)OCCO1)CN(C(NC(=O)O)C(O)CCc1ccccc1)S(=O)(=O)c1cccc(N)c1. The van der Waals surface area contributed by atoms with Gasteiger partial charge in [0, 0.05) is 18.7 Å². The number of carboxylic acid groups (broad SMARTS) is 1. The monoisotopic (exact) mass is 549 g/mol. The van der Waals surface area contributed by atoms with Crippen LogP contribution in [0.1, 0.15) is 45.6 Å². The lowest BCUT2D eigenvalue weighted by Crippen LogP contribution is -2.58. The highest BCUT2D eigenvalue weighted by Gasteiger charge is 2.41. The molecule has 0 spiro atoms. The van der Waals surface area contributed by atoms with Crippen LogP contribution >= 0.6 is 0 Å². The molecular weight excluding hydrogens is 510 g/mol. The fraction of sp³-hybridized carbons (Fsp3) is 0.519. The van der Waals surface area contributed by atoms with Gasteiger partial charge in [-0.1, -0.05) is 50.2 Å². The summed E-state index contributed by atoms with van der Waals surface area (Å²) < 4.78 is 40.4. The van der Waals surface area contributed by atoms with Gasteiger partial charge in [-0.3, -0.25) is 0 Å². The molecule has 3 rings (SSSR count). The van der Waals surface area contributed by atoms with Crippen LogP contribution in [0.5, 0.6) is 0 Å². The maximum atomic E-state index is 14.0. The second-order valence-electron chi connectivity index (χ2n) is 10.6. The number of hydrogen-bond acceptors (Lipinski definition) is 7. The number of amides is 1. The maximum Gasteiger partial charge on any atom is 0.406 e. The molecule has 2 atom stereocenters. The standard InChI is InChI=1S/C27H39N3O7S/c1-26(2,14-15-27(3)36-16-17-37-27)19-30(38(34,35)22-11-7-10-21(28)18-22)24(29-25(32)33)23(31)13-12-20-8-5-4-6-9-20/h4-11,18,23-24,29,31H,12-17,19,28H2,1-3H3,(H,32,33). The van der Waals surface area contributed by atoms with Gasteiger partial charge in [-0.2, -0.15) is 4.31 Å². The number of nitrogens with two attached hydrogens (primary N) is 1. The first-order valence-electron chi connectivity index (χ1n) is 12.7. The molecule has 0 radical (unpaired) electrons. The highest BCUT2D eigenvalue weighted by molar-refractivity contribution is 7.89. The molecule has 11 heteroatoms. The number of nitrogens with one attached hydrogen (secondary N) is 1. The molecule has 1 heterocycles. The molecule has 0 aromatic heterocycles. The van der Waals surface area contributed by atoms with E-state index >= 15 is 0 Å². The topological polar surface area (TPSA) is 151 Å². The number of aliphatic hydroxyl groups is 1. The third kappa shape index (κ3) is 8.15. The smallest absolute Gasteiger partial charge is 0.406 e. The summed E-state index contributed by atoms with van der Waals surface area (Å²) in [4.78, 5) is 11.7. The number of ether oxygens (including phenoxy) is 2. The van der Waals surface area contributed by atoms with Gasteiger partial charge < -0.3 is 30.7 Å². The number of nitrogens with zero attached hydrogens (tertiary/aromatic N) is 1. The predicted molar refractivity (Wildman–Crippen MR) is 144 cm³/mol. The molecule has 2 unspecified atom stereocenters. The van der Waals surface area contributed by atoms with E-state index in [4.69, 9.17) is 15.2 Å². The zero-order chi connectivity index (χ0) is 28.0. The first kappa shape index (κ1) is 29.9. The first-order valence-corrected chi connectivity index (χ1v) is 14.1. The van der Waals surface area contributed by atoms with Crippen molar-refractivity contribution in [2.45, 2.75) is 69.4 Å². The van der Waals surface area contributed by atoms with Crippen molar-refractivity contribution in [3.63, 3.8) is 0 Å². The average Bonchev–Trinajstić information content (AvgIpc) is 3.31. The summed E-state index contributed by atoms with van der Waals surface area (Å²) in [5, 5.41) is 23.1. The number of anilines is 1. The lowest BCUT2D eigenvalue weighted by Gasteiger charge is -2.39. The zero-order valence-electron chi connectivity index (χ0n) is 22.2. The Labute approximate surface area is 224 Å². The van der Waals surface area contributed by atoms with E-state index in [1.54, 1.807) is 6.07 Å². The van der Waals surface area contributed by atoms with Crippen LogP contribution in [0.4, 0.5) is 10.5 Å². The summed E-state index contributed by atoms with van der Waals surface area (Å²) >= 11 is 0. The number of nitrogen functional groups attached to an aromatic ring is 1. The molecule has 0 bridgehead atoms. The van der Waals surface area contributed by atoms with Crippen molar-refractivity contribution in [2.24, 2.45) is 5.41 Å². The fourth-order valence-electron chi connectivity index (χ4n) is 4.51. The maximum absolute atomic E-state index is 14.0. The molecule has 38 heavy (non-hydrogen) atoms. The number of sulfonamides is 1. The lowest BCUT2D eigenvalue weighted by molar-refractivity contribution is -0.151. The number of aryl methyl sites for hydroxylation is 1. The Hall–Kier alpha value is -2.70. The van der Waals surface area contributed by atoms with Crippen LogP contribution < -0.4 is 11.1 Å². The van der Waals surface area contributed by atoms with Gasteiger partial charge in [-0.05, 0) is 55.4 Å². The van der Waals surface area contributed by atoms with E-state index in [0.29, 0.717) is 32.5 Å². The van der Waals surface area contributed by atoms with E-state index in [1.165, 1.54) is 18.2 Å². The van der Waals surface area contributed by atoms with Crippen molar-refractivity contribution < 1.29 is 32.9 Å². The molecule has 2 aromatic rings. The van der Waals surface area contributed by atoms with E-state index in [-0.39, 0.29) is 23.5 Å². The summed E-state index contributed by atoms with van der Waals surface area (Å²) in [6, 6.07) is 15.2. The number of carbonyl (C=O) groups is 1. The van der Waals surface area contributed by atoms with Gasteiger partial charge in [0.15, 0.2) is 5.79 Å². The summed E-state index contributed by atoms with van der Waals surface area (Å²) in [6.07, 6.45) is -2.60. The largest absolute Gasteiger partial charge is 0.465 e. The quantitative estimate of drug-likeness (QED) is 0.219. The van der Waals surface area contributed by atoms with Crippen molar-refractivity contribution >= 4 is 21.8 Å². The van der Waals surface area contributed by atoms with Crippen molar-refractivity contribution in [1.82, 2.24) is 9.62 Å². The van der Waals surface area contributed by atoms with Gasteiger partial charge in [-0.25, -0.2) is 13.2 Å². The number of rotatable bonds is 13. The summed E-state index contributed by atoms with van der Waals surface area (Å²) in [6.45, 7) is 6.53. The highest BCUT2D eigenvalue weighted by Crippen LogP contribution is 2.34. The molecular formula is C27H39N3O7S. The minimum atomic E-state index is -4.28. The van der Waals surface area contributed by atoms with Gasteiger partial charge >= 0.3 is 6.09 Å². The van der Waals surface area contributed by atoms with E-state index in [2.05, 4.69) is 5.32 Å².